The van der Waals surface area contributed by atoms with Crippen LogP contribution in [0.2, 0.25) is 0 Å². The monoisotopic (exact) mass is 301 g/mol. The summed E-state index contributed by atoms with van der Waals surface area (Å²) < 4.78 is 5.95. The van der Waals surface area contributed by atoms with Crippen LogP contribution < -0.4 is 5.32 Å². The molecule has 5 heteroatoms. The summed E-state index contributed by atoms with van der Waals surface area (Å²) >= 11 is 0. The van der Waals surface area contributed by atoms with Crippen LogP contribution in [0.25, 0.3) is 0 Å². The number of nitrogens with zero attached hydrogens (tertiary/aromatic N) is 2. The summed E-state index contributed by atoms with van der Waals surface area (Å²) in [5.41, 5.74) is 0. The Morgan fingerprint density at radius 3 is 2.91 bits per heavy atom. The fourth-order valence-electron chi connectivity index (χ4n) is 2.85. The molecule has 1 N–H and O–H groups in total. The van der Waals surface area contributed by atoms with Gasteiger partial charge in [0.15, 0.2) is 0 Å². The highest BCUT2D eigenvalue weighted by atomic mass is 16.3. The Kier molecular flexibility index (Phi) is 4.49. The van der Waals surface area contributed by atoms with Gasteiger partial charge in [0.1, 0.15) is 11.5 Å². The Labute approximate surface area is 131 Å². The fourth-order valence-corrected chi connectivity index (χ4v) is 2.85. The average Bonchev–Trinajstić information content (AvgIpc) is 3.40. The highest BCUT2D eigenvalue weighted by Crippen LogP contribution is 2.47. The number of nitrogens with one attached hydrogen (secondary N) is 1. The van der Waals surface area contributed by atoms with Gasteiger partial charge in [-0.2, -0.15) is 5.26 Å². The summed E-state index contributed by atoms with van der Waals surface area (Å²) in [4.78, 5) is 14.1. The Balaban J connectivity index is 1.52. The second-order valence-corrected chi connectivity index (χ2v) is 6.52. The molecule has 0 radical (unpaired) electrons. The number of furan rings is 1. The predicted octanol–water partition coefficient (Wildman–Crippen LogP) is 2.40. The summed E-state index contributed by atoms with van der Waals surface area (Å²) in [6, 6.07) is 6.66. The van der Waals surface area contributed by atoms with Crippen LogP contribution in [0, 0.1) is 17.2 Å². The minimum absolute atomic E-state index is 0.00950. The van der Waals surface area contributed by atoms with Crippen molar-refractivity contribution in [2.45, 2.75) is 51.1 Å². The minimum Gasteiger partial charge on any atom is -0.464 e. The first kappa shape index (κ1) is 15.1. The molecule has 2 saturated carbocycles. The van der Waals surface area contributed by atoms with Crippen molar-refractivity contribution in [2.75, 3.05) is 13.1 Å². The first-order chi connectivity index (χ1) is 10.7. The van der Waals surface area contributed by atoms with E-state index in [0.29, 0.717) is 38.0 Å². The molecule has 0 aromatic carbocycles. The Bertz CT molecular complexity index is 571. The topological polar surface area (TPSA) is 69.3 Å². The van der Waals surface area contributed by atoms with Crippen molar-refractivity contribution in [3.05, 3.63) is 23.7 Å². The molecule has 2 atom stereocenters. The van der Waals surface area contributed by atoms with Crippen LogP contribution in [0.1, 0.15) is 50.0 Å². The van der Waals surface area contributed by atoms with Crippen LogP contribution in [0.15, 0.2) is 16.5 Å². The normalized spacial score (nSPS) is 23.3. The van der Waals surface area contributed by atoms with E-state index in [4.69, 9.17) is 9.68 Å². The predicted molar refractivity (Wildman–Crippen MR) is 81.9 cm³/mol. The van der Waals surface area contributed by atoms with Crippen LogP contribution >= 0.6 is 0 Å². The zero-order chi connectivity index (χ0) is 15.5. The summed E-state index contributed by atoms with van der Waals surface area (Å²) in [5.74, 6) is 3.37. The molecule has 0 spiro atoms. The van der Waals surface area contributed by atoms with Crippen molar-refractivity contribution < 1.29 is 9.21 Å². The first-order valence-corrected chi connectivity index (χ1v) is 8.13. The number of hydrogen-bond acceptors (Lipinski definition) is 4. The van der Waals surface area contributed by atoms with E-state index >= 15 is 0 Å². The van der Waals surface area contributed by atoms with Gasteiger partial charge >= 0.3 is 0 Å². The lowest BCUT2D eigenvalue weighted by atomic mass is 10.3. The molecule has 2 aliphatic carbocycles. The molecule has 2 aliphatic rings. The summed E-state index contributed by atoms with van der Waals surface area (Å²) in [6.45, 7) is 3.75. The van der Waals surface area contributed by atoms with Gasteiger partial charge < -0.3 is 9.73 Å². The van der Waals surface area contributed by atoms with Gasteiger partial charge in [-0.25, -0.2) is 0 Å². The number of carbonyl (C=O) groups is 1. The van der Waals surface area contributed by atoms with Gasteiger partial charge in [-0.1, -0.05) is 6.92 Å². The van der Waals surface area contributed by atoms with Crippen LogP contribution in [0.3, 0.4) is 0 Å². The Morgan fingerprint density at radius 2 is 2.27 bits per heavy atom. The van der Waals surface area contributed by atoms with Gasteiger partial charge in [0.25, 0.3) is 0 Å². The lowest BCUT2D eigenvalue weighted by Gasteiger charge is -2.20. The molecule has 1 amide bonds. The third-order valence-corrected chi connectivity index (χ3v) is 4.49. The van der Waals surface area contributed by atoms with Gasteiger partial charge in [0, 0.05) is 18.5 Å². The molecule has 1 aromatic heterocycles. The zero-order valence-electron chi connectivity index (χ0n) is 13.0. The van der Waals surface area contributed by atoms with Gasteiger partial charge in [-0.05, 0) is 37.3 Å². The maximum absolute atomic E-state index is 11.9. The molecule has 22 heavy (non-hydrogen) atoms. The second kappa shape index (κ2) is 6.53. The van der Waals surface area contributed by atoms with Crippen LogP contribution in [0.5, 0.6) is 0 Å². The molecule has 3 rings (SSSR count). The van der Waals surface area contributed by atoms with E-state index in [2.05, 4.69) is 23.2 Å². The van der Waals surface area contributed by atoms with E-state index in [1.807, 2.05) is 12.1 Å². The molecular formula is C17H23N3O2. The van der Waals surface area contributed by atoms with Crippen LogP contribution in [-0.4, -0.2) is 29.9 Å². The van der Waals surface area contributed by atoms with E-state index in [-0.39, 0.29) is 5.91 Å². The highest BCUT2D eigenvalue weighted by molar-refractivity contribution is 5.78. The number of hydrogen-bond donors (Lipinski definition) is 1. The Morgan fingerprint density at radius 1 is 1.50 bits per heavy atom. The molecule has 5 nitrogen and oxygen atoms in total. The smallest absolute Gasteiger partial charge is 0.234 e. The minimum atomic E-state index is -0.00950. The maximum atomic E-state index is 11.9. The standard InChI is InChI=1S/C17H23N3O2/c1-12-9-15(12)16-6-5-14(22-16)10-20(13-3-4-13)11-17(21)19-8-2-7-18/h5-6,12-13,15H,2-4,8-11H2,1H3,(H,19,21). The molecular weight excluding hydrogens is 278 g/mol. The summed E-state index contributed by atoms with van der Waals surface area (Å²) in [5, 5.41) is 11.3. The highest BCUT2D eigenvalue weighted by Gasteiger charge is 2.37. The molecule has 1 aromatic rings. The van der Waals surface area contributed by atoms with Crippen molar-refractivity contribution >= 4 is 5.91 Å². The molecule has 0 aliphatic heterocycles. The van der Waals surface area contributed by atoms with Gasteiger partial charge in [-0.3, -0.25) is 9.69 Å². The summed E-state index contributed by atoms with van der Waals surface area (Å²) in [7, 11) is 0. The van der Waals surface area contributed by atoms with Gasteiger partial charge in [0.2, 0.25) is 5.91 Å². The molecule has 0 bridgehead atoms. The third kappa shape index (κ3) is 3.89. The summed E-state index contributed by atoms with van der Waals surface area (Å²) in [6.07, 6.45) is 3.88. The number of nitriles is 1. The van der Waals surface area contributed by atoms with Crippen LogP contribution in [-0.2, 0) is 11.3 Å². The van der Waals surface area contributed by atoms with Crippen molar-refractivity contribution in [3.8, 4) is 6.07 Å². The van der Waals surface area contributed by atoms with E-state index < -0.39 is 0 Å². The second-order valence-electron chi connectivity index (χ2n) is 6.52. The lowest BCUT2D eigenvalue weighted by molar-refractivity contribution is -0.122. The average molecular weight is 301 g/mol. The number of rotatable bonds is 8. The quantitative estimate of drug-likeness (QED) is 0.749. The first-order valence-electron chi connectivity index (χ1n) is 8.13. The van der Waals surface area contributed by atoms with E-state index in [9.17, 15) is 4.79 Å². The fraction of sp³-hybridized carbons (Fsp3) is 0.647. The number of amides is 1. The van der Waals surface area contributed by atoms with E-state index in [1.54, 1.807) is 0 Å². The van der Waals surface area contributed by atoms with Gasteiger partial charge in [-0.15, -0.1) is 0 Å². The molecule has 118 valence electrons. The van der Waals surface area contributed by atoms with Crippen molar-refractivity contribution in [1.29, 1.82) is 5.26 Å². The number of carbonyl (C=O) groups excluding carboxylic acids is 1. The SMILES string of the molecule is CC1CC1c1ccc(CN(CC(=O)NCCC#N)C2CC2)o1. The molecule has 0 saturated heterocycles. The van der Waals surface area contributed by atoms with Gasteiger partial charge in [0.05, 0.1) is 25.6 Å². The molecule has 2 fully saturated rings. The maximum Gasteiger partial charge on any atom is 0.234 e. The van der Waals surface area contributed by atoms with Crippen molar-refractivity contribution in [3.63, 3.8) is 0 Å². The Hall–Kier alpha value is -1.80. The lowest BCUT2D eigenvalue weighted by Crippen LogP contribution is -2.38. The van der Waals surface area contributed by atoms with E-state index in [0.717, 1.165) is 30.3 Å². The van der Waals surface area contributed by atoms with E-state index in [1.165, 1.54) is 6.42 Å². The largest absolute Gasteiger partial charge is 0.464 e. The van der Waals surface area contributed by atoms with Crippen LogP contribution in [0.4, 0.5) is 0 Å². The van der Waals surface area contributed by atoms with Crippen molar-refractivity contribution in [2.24, 2.45) is 5.92 Å². The zero-order valence-corrected chi connectivity index (χ0v) is 13.0. The van der Waals surface area contributed by atoms with Crippen molar-refractivity contribution in [1.82, 2.24) is 10.2 Å². The third-order valence-electron chi connectivity index (χ3n) is 4.49. The molecule has 2 unspecified atom stereocenters. The molecule has 1 heterocycles.